The van der Waals surface area contributed by atoms with Crippen molar-refractivity contribution in [1.29, 1.82) is 0 Å². The number of nitrogens with two attached hydrogens (primary N) is 2. The number of fused-ring (bicyclic) bond motifs is 2. The van der Waals surface area contributed by atoms with E-state index in [2.05, 4.69) is 10.3 Å². The second kappa shape index (κ2) is 9.98. The summed E-state index contributed by atoms with van der Waals surface area (Å²) < 4.78 is 0. The summed E-state index contributed by atoms with van der Waals surface area (Å²) in [6.07, 6.45) is 1.71. The smallest absolute Gasteiger partial charge is 0.326 e. The number of aromatic amines is 1. The first kappa shape index (κ1) is 24.0. The maximum atomic E-state index is 13.5. The van der Waals surface area contributed by atoms with Crippen molar-refractivity contribution < 1.29 is 24.3 Å². The third kappa shape index (κ3) is 5.17. The number of carbonyl (C=O) groups is 4. The summed E-state index contributed by atoms with van der Waals surface area (Å²) in [5.74, 6) is -3.35. The van der Waals surface area contributed by atoms with Crippen molar-refractivity contribution in [3.63, 3.8) is 0 Å². The molecule has 3 amide bonds. The van der Waals surface area contributed by atoms with Gasteiger partial charge in [-0.3, -0.25) is 14.4 Å². The minimum Gasteiger partial charge on any atom is -0.480 e. The molecule has 10 nitrogen and oxygen atoms in total. The molecule has 1 aliphatic rings. The van der Waals surface area contributed by atoms with E-state index in [0.717, 1.165) is 27.6 Å². The van der Waals surface area contributed by atoms with Gasteiger partial charge in [0.25, 0.3) is 0 Å². The second-order valence-corrected chi connectivity index (χ2v) is 8.69. The second-order valence-electron chi connectivity index (χ2n) is 8.69. The predicted molar refractivity (Wildman–Crippen MR) is 128 cm³/mol. The lowest BCUT2D eigenvalue weighted by Gasteiger charge is -2.37. The number of benzene rings is 2. The molecule has 7 N–H and O–H groups in total. The number of carboxylic acid groups (broad SMARTS) is 1. The van der Waals surface area contributed by atoms with E-state index in [1.54, 1.807) is 0 Å². The first-order chi connectivity index (χ1) is 16.7. The van der Waals surface area contributed by atoms with Crippen molar-refractivity contribution in [3.05, 3.63) is 71.4 Å². The predicted octanol–water partition coefficient (Wildman–Crippen LogP) is 0.436. The van der Waals surface area contributed by atoms with Crippen LogP contribution in [0.3, 0.4) is 0 Å². The van der Waals surface area contributed by atoms with Crippen molar-refractivity contribution in [1.82, 2.24) is 15.2 Å². The number of hydrogen-bond donors (Lipinski definition) is 5. The Hall–Kier alpha value is -4.18. The van der Waals surface area contributed by atoms with E-state index >= 15 is 0 Å². The van der Waals surface area contributed by atoms with Gasteiger partial charge in [0.1, 0.15) is 12.1 Å². The summed E-state index contributed by atoms with van der Waals surface area (Å²) in [5, 5.41) is 12.7. The van der Waals surface area contributed by atoms with Crippen molar-refractivity contribution in [3.8, 4) is 0 Å². The number of primary amides is 1. The van der Waals surface area contributed by atoms with E-state index in [4.69, 9.17) is 11.5 Å². The molecule has 35 heavy (non-hydrogen) atoms. The van der Waals surface area contributed by atoms with Gasteiger partial charge in [0.2, 0.25) is 17.7 Å². The normalized spacial score (nSPS) is 16.8. The van der Waals surface area contributed by atoms with Crippen molar-refractivity contribution >= 4 is 34.6 Å². The van der Waals surface area contributed by atoms with Crippen LogP contribution >= 0.6 is 0 Å². The molecule has 0 spiro atoms. The zero-order valence-electron chi connectivity index (χ0n) is 18.9. The van der Waals surface area contributed by atoms with Crippen LogP contribution in [0.15, 0.2) is 54.7 Å². The van der Waals surface area contributed by atoms with Crippen molar-refractivity contribution in [2.24, 2.45) is 11.5 Å². The number of nitrogens with zero attached hydrogens (tertiary/aromatic N) is 1. The molecule has 3 aromatic rings. The summed E-state index contributed by atoms with van der Waals surface area (Å²) in [6.45, 7) is 0.155. The molecule has 0 bridgehead atoms. The fraction of sp³-hybridized carbons (Fsp3) is 0.280. The Morgan fingerprint density at radius 1 is 1.09 bits per heavy atom. The van der Waals surface area contributed by atoms with Gasteiger partial charge in [-0.15, -0.1) is 0 Å². The number of nitrogens with one attached hydrogen (secondary N) is 2. The largest absolute Gasteiger partial charge is 0.480 e. The lowest BCUT2D eigenvalue weighted by molar-refractivity contribution is -0.146. The van der Waals surface area contributed by atoms with Gasteiger partial charge in [-0.05, 0) is 29.2 Å². The molecule has 4 rings (SSSR count). The summed E-state index contributed by atoms with van der Waals surface area (Å²) in [6, 6.07) is 11.7. The summed E-state index contributed by atoms with van der Waals surface area (Å²) >= 11 is 0. The fourth-order valence-corrected chi connectivity index (χ4v) is 4.50. The van der Waals surface area contributed by atoms with E-state index < -0.39 is 48.2 Å². The minimum atomic E-state index is -1.49. The first-order valence-electron chi connectivity index (χ1n) is 11.2. The third-order valence-electron chi connectivity index (χ3n) is 6.29. The molecule has 0 aliphatic carbocycles. The Morgan fingerprint density at radius 3 is 2.49 bits per heavy atom. The topological polar surface area (TPSA) is 172 Å². The van der Waals surface area contributed by atoms with E-state index in [1.165, 1.54) is 4.90 Å². The van der Waals surface area contributed by atoms with Gasteiger partial charge < -0.3 is 31.8 Å². The molecular formula is C25H27N5O5. The minimum absolute atomic E-state index is 0.155. The standard InChI is InChI=1S/C25H27N5O5/c26-18(9-16-12-28-19-8-4-3-7-17(16)19)24(33)30-13-15-6-2-1-5-14(15)10-21(30)23(32)29-20(25(34)35)11-22(27)31/h1-8,12,18,20-21,28H,9-11,13,26H2,(H2,27,31)(H,29,32)(H,34,35)/t18-,20-,21-/m0/s1. The molecule has 1 aromatic heterocycles. The monoisotopic (exact) mass is 477 g/mol. The average molecular weight is 478 g/mol. The number of para-hydroxylation sites is 1. The number of aromatic nitrogens is 1. The molecule has 182 valence electrons. The molecule has 3 atom stereocenters. The Morgan fingerprint density at radius 2 is 1.77 bits per heavy atom. The molecule has 10 heteroatoms. The molecule has 0 fully saturated rings. The SMILES string of the molecule is NC(=O)C[C@H](NC(=O)[C@@H]1Cc2ccccc2CN1C(=O)[C@@H](N)Cc1c[nH]c2ccccc12)C(=O)O. The highest BCUT2D eigenvalue weighted by Gasteiger charge is 2.38. The van der Waals surface area contributed by atoms with Crippen LogP contribution in [0.4, 0.5) is 0 Å². The fourth-order valence-electron chi connectivity index (χ4n) is 4.50. The van der Waals surface area contributed by atoms with Crippen LogP contribution in [0.5, 0.6) is 0 Å². The van der Waals surface area contributed by atoms with Crippen LogP contribution in [0.1, 0.15) is 23.1 Å². The number of H-pyrrole nitrogens is 1. The molecule has 0 saturated heterocycles. The molecule has 2 heterocycles. The quantitative estimate of drug-likeness (QED) is 0.315. The Labute approximate surface area is 201 Å². The Balaban J connectivity index is 1.58. The van der Waals surface area contributed by atoms with Gasteiger partial charge in [-0.25, -0.2) is 4.79 Å². The van der Waals surface area contributed by atoms with E-state index in [-0.39, 0.29) is 19.4 Å². The number of hydrogen-bond acceptors (Lipinski definition) is 5. The summed E-state index contributed by atoms with van der Waals surface area (Å²) in [7, 11) is 0. The number of rotatable bonds is 8. The van der Waals surface area contributed by atoms with E-state index in [1.807, 2.05) is 54.7 Å². The number of amides is 3. The molecule has 0 radical (unpaired) electrons. The third-order valence-corrected chi connectivity index (χ3v) is 6.29. The van der Waals surface area contributed by atoms with Gasteiger partial charge >= 0.3 is 5.97 Å². The zero-order valence-corrected chi connectivity index (χ0v) is 18.9. The molecule has 0 unspecified atom stereocenters. The highest BCUT2D eigenvalue weighted by Crippen LogP contribution is 2.25. The molecule has 0 saturated carbocycles. The molecular weight excluding hydrogens is 450 g/mol. The van der Waals surface area contributed by atoms with Crippen LogP contribution in [0.2, 0.25) is 0 Å². The van der Waals surface area contributed by atoms with Gasteiger partial charge in [0.15, 0.2) is 0 Å². The number of carboxylic acids is 1. The Bertz CT molecular complexity index is 1290. The van der Waals surface area contributed by atoms with Gasteiger partial charge in [-0.1, -0.05) is 42.5 Å². The number of carbonyl (C=O) groups excluding carboxylic acids is 3. The summed E-state index contributed by atoms with van der Waals surface area (Å²) in [5.41, 5.74) is 15.0. The van der Waals surface area contributed by atoms with Crippen LogP contribution in [0, 0.1) is 0 Å². The zero-order chi connectivity index (χ0) is 25.1. The summed E-state index contributed by atoms with van der Waals surface area (Å²) in [4.78, 5) is 54.0. The average Bonchev–Trinajstić information content (AvgIpc) is 3.24. The van der Waals surface area contributed by atoms with E-state index in [9.17, 15) is 24.3 Å². The maximum absolute atomic E-state index is 13.5. The van der Waals surface area contributed by atoms with Crippen LogP contribution in [-0.4, -0.2) is 56.8 Å². The molecule has 1 aliphatic heterocycles. The highest BCUT2D eigenvalue weighted by atomic mass is 16.4. The van der Waals surface area contributed by atoms with Crippen molar-refractivity contribution in [2.45, 2.75) is 43.9 Å². The lowest BCUT2D eigenvalue weighted by atomic mass is 9.92. The first-order valence-corrected chi connectivity index (χ1v) is 11.2. The van der Waals surface area contributed by atoms with Crippen LogP contribution in [-0.2, 0) is 38.6 Å². The highest BCUT2D eigenvalue weighted by molar-refractivity contribution is 5.94. The van der Waals surface area contributed by atoms with Gasteiger partial charge in [0.05, 0.1) is 12.5 Å². The van der Waals surface area contributed by atoms with Crippen molar-refractivity contribution in [2.75, 3.05) is 0 Å². The van der Waals surface area contributed by atoms with Crippen LogP contribution < -0.4 is 16.8 Å². The maximum Gasteiger partial charge on any atom is 0.326 e. The lowest BCUT2D eigenvalue weighted by Crippen LogP contribution is -2.58. The van der Waals surface area contributed by atoms with Gasteiger partial charge in [-0.2, -0.15) is 0 Å². The molecule has 2 aromatic carbocycles. The Kier molecular flexibility index (Phi) is 6.83. The van der Waals surface area contributed by atoms with E-state index in [0.29, 0.717) is 0 Å². The number of aliphatic carboxylic acids is 1. The van der Waals surface area contributed by atoms with Crippen LogP contribution in [0.25, 0.3) is 10.9 Å². The van der Waals surface area contributed by atoms with Gasteiger partial charge in [0, 0.05) is 30.1 Å².